The SMILES string of the molecule is C.CC(=O)Nc1cc(C)cc(Nc2nc(N[C@H]3CCCC[C@H]3N)nc3c2ncn3C(C)C)c1.Cc1cc(N)cc(Nc2nc(N[C@H]3CCCC[C@H]3N)nc3c2ncn3C(C)C)c1.Cc1cccc(Nc2nc(N[C@@H]3CCNC3)nc3c2ncn3C(C)C)c1. The predicted octanol–water partition coefficient (Wildman–Crippen LogP) is 11.7. The summed E-state index contributed by atoms with van der Waals surface area (Å²) in [6.07, 6.45) is 15.3. The molecule has 5 atom stereocenters. The predicted molar refractivity (Wildman–Crippen MR) is 359 cm³/mol. The second kappa shape index (κ2) is 28.4. The summed E-state index contributed by atoms with van der Waals surface area (Å²) in [7, 11) is 0. The van der Waals surface area contributed by atoms with Crippen molar-refractivity contribution >= 4 is 103 Å². The topological polar surface area (TPSA) is 322 Å². The van der Waals surface area contributed by atoms with E-state index in [1.165, 1.54) is 25.3 Å². The van der Waals surface area contributed by atoms with Crippen LogP contribution in [0.3, 0.4) is 0 Å². The number of imidazole rings is 3. The molecule has 9 aromatic rings. The van der Waals surface area contributed by atoms with Crippen LogP contribution >= 0.6 is 0 Å². The zero-order chi connectivity index (χ0) is 61.5. The van der Waals surface area contributed by atoms with Gasteiger partial charge in [0.05, 0.1) is 19.0 Å². The molecule has 7 heterocycles. The van der Waals surface area contributed by atoms with Crippen LogP contribution in [0.2, 0.25) is 0 Å². The molecule has 14 N–H and O–H groups in total. The molecule has 1 amide bonds. The van der Waals surface area contributed by atoms with E-state index < -0.39 is 0 Å². The van der Waals surface area contributed by atoms with Crippen LogP contribution in [-0.4, -0.2) is 108 Å². The van der Waals surface area contributed by atoms with Crippen LogP contribution in [0.15, 0.2) is 79.6 Å². The molecule has 0 spiro atoms. The van der Waals surface area contributed by atoms with Gasteiger partial charge in [-0.15, -0.1) is 0 Å². The Morgan fingerprint density at radius 1 is 0.534 bits per heavy atom. The van der Waals surface area contributed by atoms with E-state index in [0.717, 1.165) is 126 Å². The number of aryl methyl sites for hydroxylation is 3. The molecule has 2 aliphatic carbocycles. The highest BCUT2D eigenvalue weighted by molar-refractivity contribution is 5.91. The van der Waals surface area contributed by atoms with Gasteiger partial charge in [-0.2, -0.15) is 29.9 Å². The van der Waals surface area contributed by atoms with E-state index in [-0.39, 0.29) is 55.6 Å². The zero-order valence-corrected chi connectivity index (χ0v) is 51.9. The molecule has 88 heavy (non-hydrogen) atoms. The van der Waals surface area contributed by atoms with Crippen LogP contribution < -0.4 is 59.7 Å². The van der Waals surface area contributed by atoms with Gasteiger partial charge in [0.15, 0.2) is 50.9 Å². The Labute approximate surface area is 516 Å². The maximum absolute atomic E-state index is 11.5. The Bertz CT molecular complexity index is 3800. The van der Waals surface area contributed by atoms with Gasteiger partial charge in [0.1, 0.15) is 0 Å². The molecule has 3 aromatic carbocycles. The van der Waals surface area contributed by atoms with Gasteiger partial charge < -0.3 is 73.4 Å². The van der Waals surface area contributed by atoms with Crippen molar-refractivity contribution in [3.8, 4) is 0 Å². The fraction of sp³-hybridized carbons (Fsp3) is 0.469. The average Bonchev–Trinajstić information content (AvgIpc) is 1.99. The molecule has 0 unspecified atom stereocenters. The molecule has 12 rings (SSSR count). The minimum Gasteiger partial charge on any atom is -0.399 e. The first kappa shape index (κ1) is 63.8. The molecule has 24 nitrogen and oxygen atoms in total. The third kappa shape index (κ3) is 15.7. The number of rotatable bonds is 16. The van der Waals surface area contributed by atoms with E-state index in [9.17, 15) is 4.79 Å². The third-order valence-corrected chi connectivity index (χ3v) is 15.9. The van der Waals surface area contributed by atoms with Crippen molar-refractivity contribution in [1.82, 2.24) is 63.9 Å². The smallest absolute Gasteiger partial charge is 0.227 e. The number of benzene rings is 3. The molecular formula is C64H91N23O. The van der Waals surface area contributed by atoms with Gasteiger partial charge in [-0.25, -0.2) is 15.0 Å². The first-order valence-corrected chi connectivity index (χ1v) is 30.7. The minimum absolute atomic E-state index is 0. The third-order valence-electron chi connectivity index (χ3n) is 15.9. The molecule has 6 aromatic heterocycles. The van der Waals surface area contributed by atoms with Gasteiger partial charge in [-0.3, -0.25) is 4.79 Å². The summed E-state index contributed by atoms with van der Waals surface area (Å²) in [5.41, 5.74) is 30.7. The number of hydrogen-bond donors (Lipinski definition) is 11. The van der Waals surface area contributed by atoms with Crippen LogP contribution in [0.1, 0.15) is 148 Å². The van der Waals surface area contributed by atoms with Crippen LogP contribution in [0.4, 0.5) is 63.7 Å². The number of nitrogens with zero attached hydrogens (tertiary/aromatic N) is 12. The number of nitrogen functional groups attached to an aromatic ring is 1. The molecule has 0 bridgehead atoms. The second-order valence-electron chi connectivity index (χ2n) is 24.3. The highest BCUT2D eigenvalue weighted by atomic mass is 16.1. The van der Waals surface area contributed by atoms with Crippen molar-refractivity contribution in [2.24, 2.45) is 11.5 Å². The molecule has 1 aliphatic heterocycles. The Balaban J connectivity index is 0.000000157. The zero-order valence-electron chi connectivity index (χ0n) is 51.9. The van der Waals surface area contributed by atoms with Gasteiger partial charge >= 0.3 is 0 Å². The molecule has 468 valence electrons. The number of aromatic nitrogens is 12. The molecule has 3 aliphatic rings. The average molecular weight is 1200 g/mol. The van der Waals surface area contributed by atoms with Gasteiger partial charge in [-0.05, 0) is 166 Å². The maximum atomic E-state index is 11.5. The van der Waals surface area contributed by atoms with Crippen molar-refractivity contribution in [2.75, 3.05) is 56.0 Å². The molecule has 24 heteroatoms. The maximum Gasteiger partial charge on any atom is 0.227 e. The van der Waals surface area contributed by atoms with E-state index in [2.05, 4.69) is 127 Å². The summed E-state index contributed by atoms with van der Waals surface area (Å²) in [6, 6.07) is 21.5. The molecule has 0 radical (unpaired) electrons. The monoisotopic (exact) mass is 1200 g/mol. The van der Waals surface area contributed by atoms with E-state index in [0.29, 0.717) is 46.7 Å². The van der Waals surface area contributed by atoms with Crippen LogP contribution in [-0.2, 0) is 4.79 Å². The van der Waals surface area contributed by atoms with Crippen LogP contribution in [0.5, 0.6) is 0 Å². The highest BCUT2D eigenvalue weighted by Gasteiger charge is 2.27. The molecule has 2 saturated carbocycles. The lowest BCUT2D eigenvalue weighted by molar-refractivity contribution is -0.114. The summed E-state index contributed by atoms with van der Waals surface area (Å²) in [4.78, 5) is 53.8. The Hall–Kier alpha value is -8.74. The van der Waals surface area contributed by atoms with Crippen molar-refractivity contribution < 1.29 is 4.79 Å². The number of hydrogen-bond acceptors (Lipinski definition) is 20. The van der Waals surface area contributed by atoms with Crippen LogP contribution in [0, 0.1) is 20.8 Å². The van der Waals surface area contributed by atoms with Crippen molar-refractivity contribution in [3.63, 3.8) is 0 Å². The first-order chi connectivity index (χ1) is 41.8. The second-order valence-corrected chi connectivity index (χ2v) is 24.3. The summed E-state index contributed by atoms with van der Waals surface area (Å²) in [5, 5.41) is 26.8. The van der Waals surface area contributed by atoms with Crippen molar-refractivity contribution in [1.29, 1.82) is 0 Å². The van der Waals surface area contributed by atoms with Crippen molar-refractivity contribution in [3.05, 3.63) is 96.3 Å². The number of nitrogens with one attached hydrogen (secondary N) is 8. The largest absolute Gasteiger partial charge is 0.399 e. The van der Waals surface area contributed by atoms with Gasteiger partial charge in [0.25, 0.3) is 0 Å². The lowest BCUT2D eigenvalue weighted by Crippen LogP contribution is -2.43. The highest BCUT2D eigenvalue weighted by Crippen LogP contribution is 2.33. The lowest BCUT2D eigenvalue weighted by atomic mass is 9.91. The number of carbonyl (C=O) groups excluding carboxylic acids is 1. The van der Waals surface area contributed by atoms with Gasteiger partial charge in [0.2, 0.25) is 23.8 Å². The van der Waals surface area contributed by atoms with Gasteiger partial charge in [0, 0.05) is 90.2 Å². The molecule has 3 fully saturated rings. The van der Waals surface area contributed by atoms with Crippen molar-refractivity contribution in [2.45, 2.75) is 183 Å². The van der Waals surface area contributed by atoms with E-state index >= 15 is 0 Å². The van der Waals surface area contributed by atoms with E-state index in [1.54, 1.807) is 6.33 Å². The number of anilines is 11. The standard InChI is InChI=1S/C23H32N8O.C21H30N8.C19H25N7.CH4/c1-13(2)31-12-25-20-21(27-17-10-14(3)9-16(11-17)26-15(4)32)29-23(30-22(20)31)28-19-8-6-5-7-18(19)24;1-12(2)29-11-24-18-19(25-15-9-13(3)8-14(22)10-15)27-21(28-20(18)29)26-17-7-5-4-6-16(17)23;1-12(2)26-11-21-16-17(22-14-6-4-5-13(3)9-14)24-19(25-18(16)26)23-15-7-8-20-10-15;/h9-13,18-19H,5-8,24H2,1-4H3,(H,26,32)(H2,27,28,29,30);8-12,16-17H,4-7,22-23H2,1-3H3,(H2,25,26,27,28);4-6,9,11-12,15,20H,7-8,10H2,1-3H3,(H2,22,23,24,25);1H4/t18-,19+;16-,17+;15-;/m111./s1. The Morgan fingerprint density at radius 3 is 1.40 bits per heavy atom. The van der Waals surface area contributed by atoms with E-state index in [4.69, 9.17) is 47.1 Å². The molecular weight excluding hydrogens is 1110 g/mol. The first-order valence-electron chi connectivity index (χ1n) is 30.7. The summed E-state index contributed by atoms with van der Waals surface area (Å²) in [5.74, 6) is 3.64. The quantitative estimate of drug-likeness (QED) is 0.0400. The lowest BCUT2D eigenvalue weighted by Gasteiger charge is -2.29. The number of carbonyl (C=O) groups is 1. The summed E-state index contributed by atoms with van der Waals surface area (Å²) >= 11 is 0. The van der Waals surface area contributed by atoms with Crippen LogP contribution in [0.25, 0.3) is 33.5 Å². The van der Waals surface area contributed by atoms with Gasteiger partial charge in [-0.1, -0.05) is 45.2 Å². The number of nitrogens with two attached hydrogens (primary N) is 3. The Kier molecular flexibility index (Phi) is 20.6. The summed E-state index contributed by atoms with van der Waals surface area (Å²) in [6.45, 7) is 22.2. The minimum atomic E-state index is -0.114. The fourth-order valence-electron chi connectivity index (χ4n) is 11.5. The van der Waals surface area contributed by atoms with E-state index in [1.807, 2.05) is 79.6 Å². The normalized spacial score (nSPS) is 18.3. The number of fused-ring (bicyclic) bond motifs is 3. The summed E-state index contributed by atoms with van der Waals surface area (Å²) < 4.78 is 6.17. The Morgan fingerprint density at radius 2 is 0.966 bits per heavy atom. The number of amides is 1. The molecule has 1 saturated heterocycles. The fourth-order valence-corrected chi connectivity index (χ4v) is 11.5.